The Labute approximate surface area is 112 Å². The topological polar surface area (TPSA) is 113 Å². The minimum absolute atomic E-state index is 0.200. The zero-order valence-electron chi connectivity index (χ0n) is 10.7. The van der Waals surface area contributed by atoms with Crippen LogP contribution >= 0.6 is 0 Å². The van der Waals surface area contributed by atoms with Gasteiger partial charge in [-0.1, -0.05) is 6.92 Å². The number of carboxylic acid groups (broad SMARTS) is 1. The molecule has 0 aliphatic carbocycles. The van der Waals surface area contributed by atoms with Crippen LogP contribution in [-0.4, -0.2) is 53.2 Å². The lowest BCUT2D eigenvalue weighted by molar-refractivity contribution is -0.142. The summed E-state index contributed by atoms with van der Waals surface area (Å²) in [5, 5.41) is 10.6. The van der Waals surface area contributed by atoms with Gasteiger partial charge in [-0.05, 0) is 6.42 Å². The van der Waals surface area contributed by atoms with E-state index in [1.807, 2.05) is 5.32 Å². The van der Waals surface area contributed by atoms with Gasteiger partial charge in [0.05, 0.1) is 6.42 Å². The van der Waals surface area contributed by atoms with Crippen LogP contribution in [-0.2, 0) is 9.59 Å². The molecular weight excluding hydrogens is 283 g/mol. The molecule has 0 saturated carbocycles. The summed E-state index contributed by atoms with van der Waals surface area (Å²) in [5.41, 5.74) is 4.80. The fourth-order valence-corrected chi connectivity index (χ4v) is 1.38. The van der Waals surface area contributed by atoms with Crippen LogP contribution < -0.4 is 11.1 Å². The van der Waals surface area contributed by atoms with Gasteiger partial charge >= 0.3 is 18.2 Å². The summed E-state index contributed by atoms with van der Waals surface area (Å²) in [5.74, 6) is -2.55. The van der Waals surface area contributed by atoms with Crippen LogP contribution in [0, 0.1) is 0 Å². The molecule has 0 radical (unpaired) electrons. The second-order valence-corrected chi connectivity index (χ2v) is 4.05. The summed E-state index contributed by atoms with van der Waals surface area (Å²) in [6, 6.07) is -2.87. The van der Waals surface area contributed by atoms with Crippen molar-refractivity contribution in [3.63, 3.8) is 0 Å². The van der Waals surface area contributed by atoms with Crippen LogP contribution in [0.15, 0.2) is 0 Å². The van der Waals surface area contributed by atoms with Gasteiger partial charge in [0, 0.05) is 6.54 Å². The molecule has 0 aliphatic rings. The second-order valence-electron chi connectivity index (χ2n) is 4.05. The quantitative estimate of drug-likeness (QED) is 0.627. The van der Waals surface area contributed by atoms with Crippen molar-refractivity contribution in [2.24, 2.45) is 5.73 Å². The van der Waals surface area contributed by atoms with E-state index in [2.05, 4.69) is 0 Å². The first-order chi connectivity index (χ1) is 9.06. The van der Waals surface area contributed by atoms with Crippen LogP contribution in [0.4, 0.5) is 18.0 Å². The molecule has 0 unspecified atom stereocenters. The monoisotopic (exact) mass is 299 g/mol. The fraction of sp³-hybridized carbons (Fsp3) is 0.700. The predicted octanol–water partition coefficient (Wildman–Crippen LogP) is 0.299. The molecule has 0 fully saturated rings. The van der Waals surface area contributed by atoms with Crippen LogP contribution in [0.25, 0.3) is 0 Å². The number of nitrogens with zero attached hydrogens (tertiary/aromatic N) is 1. The SMILES string of the molecule is CCCN(CC(F)(F)F)C(=O)N[C@@H](CC(N)=O)C(=O)O. The lowest BCUT2D eigenvalue weighted by atomic mass is 10.2. The van der Waals surface area contributed by atoms with E-state index in [4.69, 9.17) is 10.8 Å². The van der Waals surface area contributed by atoms with E-state index in [1.54, 1.807) is 6.92 Å². The number of carbonyl (C=O) groups is 3. The maximum atomic E-state index is 12.3. The molecule has 0 spiro atoms. The molecule has 0 aliphatic heterocycles. The third kappa shape index (κ3) is 7.44. The van der Waals surface area contributed by atoms with E-state index in [1.165, 1.54) is 0 Å². The van der Waals surface area contributed by atoms with Crippen LogP contribution in [0.3, 0.4) is 0 Å². The standard InChI is InChI=1S/C10H16F3N3O4/c1-2-3-16(5-10(11,12)13)9(20)15-6(8(18)19)4-7(14)17/h6H,2-5H2,1H3,(H2,14,17)(H,15,20)(H,18,19)/t6-/m0/s1. The number of urea groups is 1. The largest absolute Gasteiger partial charge is 0.480 e. The molecule has 0 bridgehead atoms. The molecule has 0 aromatic carbocycles. The van der Waals surface area contributed by atoms with E-state index in [0.717, 1.165) is 0 Å². The molecule has 10 heteroatoms. The van der Waals surface area contributed by atoms with E-state index >= 15 is 0 Å². The maximum Gasteiger partial charge on any atom is 0.406 e. The number of nitrogens with one attached hydrogen (secondary N) is 1. The van der Waals surface area contributed by atoms with Crippen LogP contribution in [0.5, 0.6) is 0 Å². The maximum absolute atomic E-state index is 12.3. The van der Waals surface area contributed by atoms with Crippen molar-refractivity contribution in [3.8, 4) is 0 Å². The number of nitrogens with two attached hydrogens (primary N) is 1. The fourth-order valence-electron chi connectivity index (χ4n) is 1.38. The number of amides is 3. The van der Waals surface area contributed by atoms with E-state index in [9.17, 15) is 27.6 Å². The molecule has 116 valence electrons. The summed E-state index contributed by atoms with van der Waals surface area (Å²) < 4.78 is 36.9. The number of carbonyl (C=O) groups excluding carboxylic acids is 2. The number of halogens is 3. The number of alkyl halides is 3. The van der Waals surface area contributed by atoms with Crippen molar-refractivity contribution in [2.45, 2.75) is 32.0 Å². The van der Waals surface area contributed by atoms with Gasteiger partial charge in [0.25, 0.3) is 0 Å². The molecule has 0 saturated heterocycles. The minimum atomic E-state index is -4.60. The number of primary amides is 1. The van der Waals surface area contributed by atoms with Gasteiger partial charge < -0.3 is 21.1 Å². The van der Waals surface area contributed by atoms with Gasteiger partial charge in [0.1, 0.15) is 12.6 Å². The van der Waals surface area contributed by atoms with Gasteiger partial charge in [-0.15, -0.1) is 0 Å². The Morgan fingerprint density at radius 1 is 1.35 bits per heavy atom. The highest BCUT2D eigenvalue weighted by molar-refractivity contribution is 5.87. The number of aliphatic carboxylic acids is 1. The summed E-state index contributed by atoms with van der Waals surface area (Å²) in [7, 11) is 0. The van der Waals surface area contributed by atoms with Gasteiger partial charge in [-0.25, -0.2) is 9.59 Å². The summed E-state index contributed by atoms with van der Waals surface area (Å²) in [4.78, 5) is 33.4. The Morgan fingerprint density at radius 3 is 2.25 bits per heavy atom. The lowest BCUT2D eigenvalue weighted by Gasteiger charge is -2.25. The average molecular weight is 299 g/mol. The third-order valence-corrected chi connectivity index (χ3v) is 2.15. The molecule has 7 nitrogen and oxygen atoms in total. The van der Waals surface area contributed by atoms with E-state index < -0.39 is 43.1 Å². The van der Waals surface area contributed by atoms with Crippen molar-refractivity contribution in [3.05, 3.63) is 0 Å². The smallest absolute Gasteiger partial charge is 0.406 e. The molecule has 4 N–H and O–H groups in total. The Bertz CT molecular complexity index is 373. The molecule has 0 heterocycles. The molecule has 0 aromatic heterocycles. The highest BCUT2D eigenvalue weighted by Gasteiger charge is 2.34. The van der Waals surface area contributed by atoms with Crippen molar-refractivity contribution in [1.29, 1.82) is 0 Å². The second kappa shape index (κ2) is 7.56. The Hall–Kier alpha value is -2.00. The lowest BCUT2D eigenvalue weighted by Crippen LogP contribution is -2.51. The molecule has 20 heavy (non-hydrogen) atoms. The van der Waals surface area contributed by atoms with E-state index in [0.29, 0.717) is 4.90 Å². The first kappa shape index (κ1) is 18.0. The van der Waals surface area contributed by atoms with E-state index in [-0.39, 0.29) is 13.0 Å². The van der Waals surface area contributed by atoms with Crippen molar-refractivity contribution >= 4 is 17.9 Å². The molecule has 3 amide bonds. The van der Waals surface area contributed by atoms with Gasteiger partial charge in [-0.3, -0.25) is 4.79 Å². The number of carboxylic acids is 1. The Kier molecular flexibility index (Phi) is 6.80. The van der Waals surface area contributed by atoms with Crippen molar-refractivity contribution in [2.75, 3.05) is 13.1 Å². The zero-order valence-corrected chi connectivity index (χ0v) is 10.7. The van der Waals surface area contributed by atoms with Crippen molar-refractivity contribution < 1.29 is 32.7 Å². The van der Waals surface area contributed by atoms with Crippen molar-refractivity contribution in [1.82, 2.24) is 10.2 Å². The van der Waals surface area contributed by atoms with Gasteiger partial charge in [0.2, 0.25) is 5.91 Å². The Morgan fingerprint density at radius 2 is 1.90 bits per heavy atom. The molecule has 0 rings (SSSR count). The molecule has 1 atom stereocenters. The summed E-state index contributed by atoms with van der Waals surface area (Å²) in [6.07, 6.45) is -5.04. The average Bonchev–Trinajstić information content (AvgIpc) is 2.24. The third-order valence-electron chi connectivity index (χ3n) is 2.15. The molecular formula is C10H16F3N3O4. The highest BCUT2D eigenvalue weighted by Crippen LogP contribution is 2.16. The first-order valence-corrected chi connectivity index (χ1v) is 5.70. The Balaban J connectivity index is 4.79. The zero-order chi connectivity index (χ0) is 15.9. The first-order valence-electron chi connectivity index (χ1n) is 5.70. The van der Waals surface area contributed by atoms with Gasteiger partial charge in [-0.2, -0.15) is 13.2 Å². The normalized spacial score (nSPS) is 12.6. The van der Waals surface area contributed by atoms with Crippen LogP contribution in [0.2, 0.25) is 0 Å². The number of hydrogen-bond acceptors (Lipinski definition) is 3. The summed E-state index contributed by atoms with van der Waals surface area (Å²) in [6.45, 7) is -0.140. The van der Waals surface area contributed by atoms with Gasteiger partial charge in [0.15, 0.2) is 0 Å². The highest BCUT2D eigenvalue weighted by atomic mass is 19.4. The van der Waals surface area contributed by atoms with Crippen LogP contribution in [0.1, 0.15) is 19.8 Å². The summed E-state index contributed by atoms with van der Waals surface area (Å²) >= 11 is 0. The minimum Gasteiger partial charge on any atom is -0.480 e. The molecule has 0 aromatic rings. The predicted molar refractivity (Wildman–Crippen MR) is 61.7 cm³/mol. The number of rotatable bonds is 7. The number of hydrogen-bond donors (Lipinski definition) is 3.